The van der Waals surface area contributed by atoms with E-state index in [1.165, 1.54) is 30.3 Å². The molecule has 7 heteroatoms. The van der Waals surface area contributed by atoms with Crippen molar-refractivity contribution in [2.45, 2.75) is 32.5 Å². The number of carbonyl (C=O) groups excluding carboxylic acids is 2. The normalized spacial score (nSPS) is 18.0. The van der Waals surface area contributed by atoms with Crippen molar-refractivity contribution in [2.75, 3.05) is 7.11 Å². The number of esters is 2. The van der Waals surface area contributed by atoms with Crippen LogP contribution in [0, 0.1) is 0 Å². The first-order valence-corrected chi connectivity index (χ1v) is 9.67. The molecule has 0 radical (unpaired) electrons. The summed E-state index contributed by atoms with van der Waals surface area (Å²) in [7, 11) is 1.08. The summed E-state index contributed by atoms with van der Waals surface area (Å²) >= 11 is 0. The number of phenols is 2. The van der Waals surface area contributed by atoms with Crippen molar-refractivity contribution in [1.29, 1.82) is 0 Å². The largest absolute Gasteiger partial charge is 0.508 e. The maximum absolute atomic E-state index is 12.7. The molecule has 0 fully saturated rings. The summed E-state index contributed by atoms with van der Waals surface area (Å²) in [6, 6.07) is 10.6. The van der Waals surface area contributed by atoms with Crippen LogP contribution in [-0.2, 0) is 31.9 Å². The number of hydrogen-bond acceptors (Lipinski definition) is 7. The molecule has 31 heavy (non-hydrogen) atoms. The second-order valence-corrected chi connectivity index (χ2v) is 7.55. The number of phenolic OH excluding ortho intramolecular Hbond substituents is 2. The van der Waals surface area contributed by atoms with Gasteiger partial charge in [0.15, 0.2) is 0 Å². The number of cyclic esters (lactones) is 1. The number of allylic oxidation sites excluding steroid dienone is 2. The summed E-state index contributed by atoms with van der Waals surface area (Å²) in [5, 5.41) is 30.7. The van der Waals surface area contributed by atoms with Gasteiger partial charge >= 0.3 is 17.7 Å². The Bertz CT molecular complexity index is 1080. The number of rotatable bonds is 6. The van der Waals surface area contributed by atoms with E-state index in [2.05, 4.69) is 4.74 Å². The van der Waals surface area contributed by atoms with E-state index >= 15 is 0 Å². The summed E-state index contributed by atoms with van der Waals surface area (Å²) in [6.45, 7) is 3.91. The van der Waals surface area contributed by atoms with Gasteiger partial charge in [-0.1, -0.05) is 35.9 Å². The maximum Gasteiger partial charge on any atom is 0.384 e. The van der Waals surface area contributed by atoms with Crippen molar-refractivity contribution >= 4 is 17.5 Å². The number of benzene rings is 2. The molecule has 3 N–H and O–H groups in total. The maximum atomic E-state index is 12.7. The number of aromatic hydroxyl groups is 2. The van der Waals surface area contributed by atoms with E-state index in [9.17, 15) is 24.9 Å². The van der Waals surface area contributed by atoms with Gasteiger partial charge in [-0.2, -0.15) is 0 Å². The summed E-state index contributed by atoms with van der Waals surface area (Å²) in [6.07, 6.45) is 2.54. The Kier molecular flexibility index (Phi) is 6.17. The highest BCUT2D eigenvalue weighted by Gasteiger charge is 2.54. The molecule has 0 amide bonds. The van der Waals surface area contributed by atoms with Gasteiger partial charge in [0.05, 0.1) is 18.3 Å². The molecule has 1 atom stereocenters. The average molecular weight is 424 g/mol. The van der Waals surface area contributed by atoms with Gasteiger partial charge in [0, 0.05) is 6.42 Å². The lowest BCUT2D eigenvalue weighted by atomic mass is 9.90. The van der Waals surface area contributed by atoms with Crippen LogP contribution in [0.1, 0.15) is 30.5 Å². The van der Waals surface area contributed by atoms with Crippen LogP contribution in [0.4, 0.5) is 0 Å². The zero-order chi connectivity index (χ0) is 22.8. The van der Waals surface area contributed by atoms with Crippen LogP contribution in [-0.4, -0.2) is 40.2 Å². The molecule has 0 saturated heterocycles. The Hall–Kier alpha value is -3.58. The van der Waals surface area contributed by atoms with Gasteiger partial charge in [0.25, 0.3) is 0 Å². The highest BCUT2D eigenvalue weighted by atomic mass is 16.7. The SMILES string of the molecule is COC(=O)C1(O)OC(=O)C(Cc2ccc(O)c(CC=C(C)C)c2)=C1c1ccc(O)cc1. The molecule has 2 aromatic carbocycles. The smallest absolute Gasteiger partial charge is 0.384 e. The fourth-order valence-corrected chi connectivity index (χ4v) is 3.42. The minimum Gasteiger partial charge on any atom is -0.508 e. The van der Waals surface area contributed by atoms with Gasteiger partial charge in [0.2, 0.25) is 0 Å². The van der Waals surface area contributed by atoms with Crippen LogP contribution in [0.5, 0.6) is 11.5 Å². The van der Waals surface area contributed by atoms with Crippen LogP contribution in [0.15, 0.2) is 59.7 Å². The molecule has 0 spiro atoms. The third kappa shape index (κ3) is 4.46. The monoisotopic (exact) mass is 424 g/mol. The standard InChI is InChI=1S/C24H24O7/c1-14(2)4-6-17-12-15(5-11-20(17)26)13-19-21(16-7-9-18(25)10-8-16)24(29,23(28)30-3)31-22(19)27/h4-5,7-12,25-26,29H,6,13H2,1-3H3. The Labute approximate surface area is 179 Å². The first kappa shape index (κ1) is 22.1. The Morgan fingerprint density at radius 2 is 1.81 bits per heavy atom. The molecule has 1 unspecified atom stereocenters. The summed E-state index contributed by atoms with van der Waals surface area (Å²) in [4.78, 5) is 25.0. The molecule has 3 rings (SSSR count). The predicted molar refractivity (Wildman–Crippen MR) is 113 cm³/mol. The minimum atomic E-state index is -2.60. The molecule has 0 saturated carbocycles. The first-order chi connectivity index (χ1) is 14.7. The van der Waals surface area contributed by atoms with Gasteiger partial charge in [-0.05, 0) is 55.2 Å². The lowest BCUT2D eigenvalue weighted by molar-refractivity contribution is -0.200. The quantitative estimate of drug-likeness (QED) is 0.482. The van der Waals surface area contributed by atoms with E-state index in [0.29, 0.717) is 23.1 Å². The number of carbonyl (C=O) groups is 2. The van der Waals surface area contributed by atoms with E-state index < -0.39 is 17.7 Å². The van der Waals surface area contributed by atoms with Crippen LogP contribution in [0.25, 0.3) is 5.57 Å². The molecule has 1 aliphatic rings. The molecular formula is C24H24O7. The molecule has 1 aliphatic heterocycles. The van der Waals surface area contributed by atoms with E-state index in [1.54, 1.807) is 12.1 Å². The molecule has 0 bridgehead atoms. The van der Waals surface area contributed by atoms with Crippen molar-refractivity contribution in [3.63, 3.8) is 0 Å². The number of hydrogen-bond donors (Lipinski definition) is 3. The zero-order valence-corrected chi connectivity index (χ0v) is 17.5. The Morgan fingerprint density at radius 1 is 1.13 bits per heavy atom. The van der Waals surface area contributed by atoms with Gasteiger partial charge < -0.3 is 24.8 Å². The van der Waals surface area contributed by atoms with E-state index in [1.807, 2.05) is 19.9 Å². The van der Waals surface area contributed by atoms with Crippen molar-refractivity contribution < 1.29 is 34.4 Å². The van der Waals surface area contributed by atoms with Crippen LogP contribution >= 0.6 is 0 Å². The minimum absolute atomic E-state index is 0.0137. The number of aliphatic hydroxyl groups is 1. The second kappa shape index (κ2) is 8.65. The Morgan fingerprint density at radius 3 is 2.42 bits per heavy atom. The average Bonchev–Trinajstić information content (AvgIpc) is 2.99. The van der Waals surface area contributed by atoms with E-state index in [-0.39, 0.29) is 29.1 Å². The topological polar surface area (TPSA) is 113 Å². The van der Waals surface area contributed by atoms with Gasteiger partial charge in [-0.3, -0.25) is 0 Å². The highest BCUT2D eigenvalue weighted by Crippen LogP contribution is 2.41. The highest BCUT2D eigenvalue weighted by molar-refractivity contribution is 6.11. The fourth-order valence-electron chi connectivity index (χ4n) is 3.42. The fraction of sp³-hybridized carbons (Fsp3) is 0.250. The van der Waals surface area contributed by atoms with Crippen molar-refractivity contribution in [2.24, 2.45) is 0 Å². The molecule has 162 valence electrons. The summed E-state index contributed by atoms with van der Waals surface area (Å²) in [5.41, 5.74) is 2.84. The van der Waals surface area contributed by atoms with Crippen molar-refractivity contribution in [3.8, 4) is 11.5 Å². The lowest BCUT2D eigenvalue weighted by Crippen LogP contribution is -2.41. The molecular weight excluding hydrogens is 400 g/mol. The third-order valence-corrected chi connectivity index (χ3v) is 5.00. The predicted octanol–water partition coefficient (Wildman–Crippen LogP) is 3.02. The third-order valence-electron chi connectivity index (χ3n) is 5.00. The van der Waals surface area contributed by atoms with E-state index in [4.69, 9.17) is 4.74 Å². The first-order valence-electron chi connectivity index (χ1n) is 9.67. The second-order valence-electron chi connectivity index (χ2n) is 7.55. The molecule has 0 aliphatic carbocycles. The van der Waals surface area contributed by atoms with Crippen LogP contribution < -0.4 is 0 Å². The molecule has 2 aromatic rings. The molecule has 7 nitrogen and oxygen atoms in total. The summed E-state index contributed by atoms with van der Waals surface area (Å²) in [5.74, 6) is -4.46. The van der Waals surface area contributed by atoms with Gasteiger partial charge in [0.1, 0.15) is 11.5 Å². The van der Waals surface area contributed by atoms with Gasteiger partial charge in [-0.15, -0.1) is 0 Å². The number of methoxy groups -OCH3 is 1. The van der Waals surface area contributed by atoms with Gasteiger partial charge in [-0.25, -0.2) is 9.59 Å². The zero-order valence-electron chi connectivity index (χ0n) is 17.5. The van der Waals surface area contributed by atoms with E-state index in [0.717, 1.165) is 12.7 Å². The van der Waals surface area contributed by atoms with Crippen LogP contribution in [0.3, 0.4) is 0 Å². The summed E-state index contributed by atoms with van der Waals surface area (Å²) < 4.78 is 9.72. The lowest BCUT2D eigenvalue weighted by Gasteiger charge is -2.22. The van der Waals surface area contributed by atoms with Crippen LogP contribution in [0.2, 0.25) is 0 Å². The Balaban J connectivity index is 2.10. The molecule has 1 heterocycles. The molecule has 0 aromatic heterocycles. The van der Waals surface area contributed by atoms with Crippen molar-refractivity contribution in [1.82, 2.24) is 0 Å². The number of ether oxygens (including phenoxy) is 2. The van der Waals surface area contributed by atoms with Crippen molar-refractivity contribution in [3.05, 3.63) is 76.4 Å².